The van der Waals surface area contributed by atoms with Crippen molar-refractivity contribution in [3.63, 3.8) is 0 Å². The third kappa shape index (κ3) is 5.59. The van der Waals surface area contributed by atoms with Crippen LogP contribution in [-0.2, 0) is 0 Å². The monoisotopic (exact) mass is 863 g/mol. The van der Waals surface area contributed by atoms with E-state index in [2.05, 4.69) is 238 Å². The van der Waals surface area contributed by atoms with Crippen molar-refractivity contribution in [2.75, 3.05) is 4.90 Å². The Kier molecular flexibility index (Phi) is 8.02. The van der Waals surface area contributed by atoms with Crippen LogP contribution in [0.15, 0.2) is 224 Å². The first-order valence-corrected chi connectivity index (χ1v) is 23.7. The molecular weight excluding hydrogens is 827 g/mol. The van der Waals surface area contributed by atoms with Crippen LogP contribution in [0.5, 0.6) is 0 Å². The van der Waals surface area contributed by atoms with Gasteiger partial charge in [0.05, 0.1) is 22.1 Å². The van der Waals surface area contributed by atoms with E-state index in [9.17, 15) is 0 Å². The standard InChI is InChI=1S/C60H37N3S2/c1-3-13-40(14-4-1)62-52-20-10-7-17-45(52)49-36-43(28-32-53(49)62)61(44-29-34-58-50(37-44)47-19-9-11-21-56(47)64-58)42-26-23-38(24-27-42)39-25-31-54-51(35-39)59-55(63(54)41-15-5-2-6-16-41)33-30-48-46-18-8-12-22-57(46)65-60(48)59/h1-37H. The molecule has 0 N–H and O–H groups in total. The number of rotatable bonds is 6. The van der Waals surface area contributed by atoms with Crippen LogP contribution in [0.25, 0.3) is 106 Å². The van der Waals surface area contributed by atoms with Gasteiger partial charge in [0.2, 0.25) is 0 Å². The first kappa shape index (κ1) is 36.5. The summed E-state index contributed by atoms with van der Waals surface area (Å²) in [6.45, 7) is 0. The maximum absolute atomic E-state index is 2.43. The fourth-order valence-electron chi connectivity index (χ4n) is 10.4. The van der Waals surface area contributed by atoms with E-state index in [-0.39, 0.29) is 0 Å². The van der Waals surface area contributed by atoms with Gasteiger partial charge in [-0.2, -0.15) is 0 Å². The number of hydrogen-bond acceptors (Lipinski definition) is 3. The van der Waals surface area contributed by atoms with Gasteiger partial charge in [-0.3, -0.25) is 0 Å². The molecule has 0 bridgehead atoms. The van der Waals surface area contributed by atoms with Crippen LogP contribution < -0.4 is 4.90 Å². The van der Waals surface area contributed by atoms with Crippen LogP contribution in [-0.4, -0.2) is 9.13 Å². The van der Waals surface area contributed by atoms with Crippen molar-refractivity contribution >= 4 is 124 Å². The van der Waals surface area contributed by atoms with Gasteiger partial charge in [0.15, 0.2) is 0 Å². The second-order valence-corrected chi connectivity index (χ2v) is 19.0. The molecule has 0 saturated carbocycles. The summed E-state index contributed by atoms with van der Waals surface area (Å²) in [5, 5.41) is 10.2. The van der Waals surface area contributed by atoms with E-state index in [0.29, 0.717) is 0 Å². The van der Waals surface area contributed by atoms with E-state index in [1.807, 2.05) is 22.7 Å². The Balaban J connectivity index is 0.946. The molecule has 0 atom stereocenters. The average Bonchev–Trinajstić information content (AvgIpc) is 4.12. The highest BCUT2D eigenvalue weighted by atomic mass is 32.1. The van der Waals surface area contributed by atoms with Crippen molar-refractivity contribution < 1.29 is 0 Å². The van der Waals surface area contributed by atoms with Gasteiger partial charge in [0, 0.05) is 90.3 Å². The minimum Gasteiger partial charge on any atom is -0.310 e. The lowest BCUT2D eigenvalue weighted by atomic mass is 10.0. The fraction of sp³-hybridized carbons (Fsp3) is 0. The third-order valence-electron chi connectivity index (χ3n) is 13.3. The second kappa shape index (κ2) is 14.3. The van der Waals surface area contributed by atoms with Crippen molar-refractivity contribution in [2.24, 2.45) is 0 Å². The minimum atomic E-state index is 1.10. The van der Waals surface area contributed by atoms with Crippen molar-refractivity contribution in [1.29, 1.82) is 0 Å². The van der Waals surface area contributed by atoms with Crippen LogP contribution in [0.1, 0.15) is 0 Å². The van der Waals surface area contributed by atoms with Gasteiger partial charge in [-0.25, -0.2) is 0 Å². The molecule has 0 radical (unpaired) electrons. The van der Waals surface area contributed by atoms with Crippen LogP contribution in [0.3, 0.4) is 0 Å². The normalized spacial score (nSPS) is 12.0. The van der Waals surface area contributed by atoms with Gasteiger partial charge in [0.25, 0.3) is 0 Å². The Labute approximate surface area is 382 Å². The topological polar surface area (TPSA) is 13.1 Å². The highest BCUT2D eigenvalue weighted by Crippen LogP contribution is 2.46. The number of thiophene rings is 2. The number of para-hydroxylation sites is 3. The van der Waals surface area contributed by atoms with E-state index in [4.69, 9.17) is 0 Å². The molecule has 304 valence electrons. The molecule has 3 nitrogen and oxygen atoms in total. The highest BCUT2D eigenvalue weighted by Gasteiger charge is 2.21. The summed E-state index contributed by atoms with van der Waals surface area (Å²) >= 11 is 3.76. The molecule has 0 spiro atoms. The Morgan fingerprint density at radius 1 is 0.292 bits per heavy atom. The molecule has 4 aromatic heterocycles. The first-order chi connectivity index (χ1) is 32.2. The smallest absolute Gasteiger partial charge is 0.0555 e. The molecule has 0 unspecified atom stereocenters. The summed E-state index contributed by atoms with van der Waals surface area (Å²) in [6, 6.07) is 82.6. The molecule has 0 aliphatic rings. The zero-order valence-electron chi connectivity index (χ0n) is 35.0. The number of hydrogen-bond donors (Lipinski definition) is 0. The minimum absolute atomic E-state index is 1.10. The summed E-state index contributed by atoms with van der Waals surface area (Å²) in [5.41, 5.74) is 12.9. The molecule has 14 rings (SSSR count). The number of nitrogens with zero attached hydrogens (tertiary/aromatic N) is 3. The molecular formula is C60H37N3S2. The van der Waals surface area contributed by atoms with Crippen molar-refractivity contribution in [2.45, 2.75) is 0 Å². The van der Waals surface area contributed by atoms with Crippen molar-refractivity contribution in [1.82, 2.24) is 9.13 Å². The van der Waals surface area contributed by atoms with Gasteiger partial charge >= 0.3 is 0 Å². The lowest BCUT2D eigenvalue weighted by Gasteiger charge is -2.26. The van der Waals surface area contributed by atoms with Crippen LogP contribution in [0.2, 0.25) is 0 Å². The molecule has 4 heterocycles. The summed E-state index contributed by atoms with van der Waals surface area (Å²) < 4.78 is 10.1. The molecule has 10 aromatic carbocycles. The number of anilines is 3. The third-order valence-corrected chi connectivity index (χ3v) is 15.6. The first-order valence-electron chi connectivity index (χ1n) is 22.1. The molecule has 5 heteroatoms. The SMILES string of the molecule is c1ccc(-n2c3ccccc3c3cc(N(c4ccc(-c5ccc6c(c5)c5c7sc8ccccc8c7ccc5n6-c5ccccc5)cc4)c4ccc5sc6ccccc6c5c4)ccc32)cc1. The zero-order chi connectivity index (χ0) is 42.6. The number of aromatic nitrogens is 2. The summed E-state index contributed by atoms with van der Waals surface area (Å²) in [5.74, 6) is 0. The Hall–Kier alpha value is -7.96. The maximum atomic E-state index is 2.43. The predicted octanol–water partition coefficient (Wildman–Crippen LogP) is 17.8. The molecule has 0 saturated heterocycles. The molecule has 0 aliphatic carbocycles. The van der Waals surface area contributed by atoms with Crippen LogP contribution in [0, 0.1) is 0 Å². The number of fused-ring (bicyclic) bond motifs is 13. The Bertz CT molecular complexity index is 4170. The molecule has 14 aromatic rings. The molecule has 0 fully saturated rings. The quantitative estimate of drug-likeness (QED) is 0.162. The van der Waals surface area contributed by atoms with Crippen molar-refractivity contribution in [3.8, 4) is 22.5 Å². The average molecular weight is 864 g/mol. The van der Waals surface area contributed by atoms with Gasteiger partial charge in [-0.15, -0.1) is 22.7 Å². The molecule has 0 aliphatic heterocycles. The van der Waals surface area contributed by atoms with E-state index >= 15 is 0 Å². The maximum Gasteiger partial charge on any atom is 0.0555 e. The lowest BCUT2D eigenvalue weighted by Crippen LogP contribution is -2.09. The molecule has 0 amide bonds. The second-order valence-electron chi connectivity index (χ2n) is 16.9. The van der Waals surface area contributed by atoms with E-state index in [1.54, 1.807) is 0 Å². The van der Waals surface area contributed by atoms with Gasteiger partial charge in [-0.05, 0) is 120 Å². The largest absolute Gasteiger partial charge is 0.310 e. The van der Waals surface area contributed by atoms with Gasteiger partial charge in [0.1, 0.15) is 0 Å². The fourth-order valence-corrected chi connectivity index (χ4v) is 12.7. The van der Waals surface area contributed by atoms with Crippen LogP contribution >= 0.6 is 22.7 Å². The van der Waals surface area contributed by atoms with Crippen molar-refractivity contribution in [3.05, 3.63) is 224 Å². The lowest BCUT2D eigenvalue weighted by molar-refractivity contribution is 1.18. The predicted molar refractivity (Wildman–Crippen MR) is 281 cm³/mol. The summed E-state index contributed by atoms with van der Waals surface area (Å²) in [7, 11) is 0. The van der Waals surface area contributed by atoms with Gasteiger partial charge < -0.3 is 14.0 Å². The van der Waals surface area contributed by atoms with Gasteiger partial charge in [-0.1, -0.05) is 115 Å². The Morgan fingerprint density at radius 3 is 1.55 bits per heavy atom. The summed E-state index contributed by atoms with van der Waals surface area (Å²) in [6.07, 6.45) is 0. The van der Waals surface area contributed by atoms with E-state index in [1.165, 1.54) is 101 Å². The van der Waals surface area contributed by atoms with Crippen LogP contribution in [0.4, 0.5) is 17.1 Å². The number of benzene rings is 10. The molecule has 65 heavy (non-hydrogen) atoms. The van der Waals surface area contributed by atoms with E-state index in [0.717, 1.165) is 22.7 Å². The van der Waals surface area contributed by atoms with E-state index < -0.39 is 0 Å². The summed E-state index contributed by atoms with van der Waals surface area (Å²) in [4.78, 5) is 2.43. The zero-order valence-corrected chi connectivity index (χ0v) is 36.7. The Morgan fingerprint density at radius 2 is 0.800 bits per heavy atom. The highest BCUT2D eigenvalue weighted by molar-refractivity contribution is 7.27.